The number of esters is 1. The fourth-order valence-electron chi connectivity index (χ4n) is 4.46. The molecule has 0 atom stereocenters. The van der Waals surface area contributed by atoms with E-state index in [9.17, 15) is 4.79 Å². The van der Waals surface area contributed by atoms with Crippen LogP contribution in [-0.4, -0.2) is 23.8 Å². The minimum atomic E-state index is -0.840. The molecule has 4 aromatic carbocycles. The summed E-state index contributed by atoms with van der Waals surface area (Å²) in [7, 11) is 0. The van der Waals surface area contributed by atoms with Gasteiger partial charge in [-0.25, -0.2) is 4.98 Å². The molecule has 40 heavy (non-hydrogen) atoms. The molecule has 5 aromatic rings. The molecule has 0 aliphatic rings. The Morgan fingerprint density at radius 2 is 1.40 bits per heavy atom. The maximum atomic E-state index is 11.7. The van der Waals surface area contributed by atoms with Crippen LogP contribution in [0.3, 0.4) is 0 Å². The van der Waals surface area contributed by atoms with Crippen molar-refractivity contribution in [3.05, 3.63) is 149 Å². The highest BCUT2D eigenvalue weighted by Crippen LogP contribution is 2.41. The van der Waals surface area contributed by atoms with E-state index in [1.807, 2.05) is 84.2 Å². The molecule has 0 aliphatic carbocycles. The highest BCUT2D eigenvalue weighted by molar-refractivity contribution is 7.13. The normalized spacial score (nSPS) is 11.3. The number of nitrogens with one attached hydrogen (secondary N) is 1. The minimum Gasteiger partial charge on any atom is -0.473 e. The van der Waals surface area contributed by atoms with Gasteiger partial charge in [-0.2, -0.15) is 5.10 Å². The van der Waals surface area contributed by atoms with Crippen molar-refractivity contribution in [3.8, 4) is 5.75 Å². The lowest BCUT2D eigenvalue weighted by Crippen LogP contribution is -2.36. The van der Waals surface area contributed by atoms with Crippen LogP contribution in [0, 0.1) is 0 Å². The second kappa shape index (κ2) is 12.9. The van der Waals surface area contributed by atoms with Crippen LogP contribution in [0.1, 0.15) is 34.9 Å². The number of thiazole rings is 1. The van der Waals surface area contributed by atoms with E-state index in [4.69, 9.17) is 9.47 Å². The first kappa shape index (κ1) is 26.8. The highest BCUT2D eigenvalue weighted by atomic mass is 32.1. The highest BCUT2D eigenvalue weighted by Gasteiger charge is 2.38. The van der Waals surface area contributed by atoms with Gasteiger partial charge in [0.1, 0.15) is 5.75 Å². The average Bonchev–Trinajstić information content (AvgIpc) is 3.45. The van der Waals surface area contributed by atoms with E-state index < -0.39 is 5.60 Å². The van der Waals surface area contributed by atoms with Gasteiger partial charge in [0.05, 0.1) is 24.9 Å². The fourth-order valence-corrected chi connectivity index (χ4v) is 5.11. The molecule has 6 nitrogen and oxygen atoms in total. The molecule has 0 bridgehead atoms. The van der Waals surface area contributed by atoms with Crippen molar-refractivity contribution in [2.45, 2.75) is 18.9 Å². The molecule has 1 aromatic heterocycles. The summed E-state index contributed by atoms with van der Waals surface area (Å²) in [5, 5.41) is 6.73. The van der Waals surface area contributed by atoms with Crippen LogP contribution >= 0.6 is 11.3 Å². The van der Waals surface area contributed by atoms with Crippen molar-refractivity contribution < 1.29 is 14.3 Å². The number of rotatable bonds is 11. The summed E-state index contributed by atoms with van der Waals surface area (Å²) in [6.45, 7) is 2.14. The van der Waals surface area contributed by atoms with Crippen LogP contribution in [0.5, 0.6) is 5.75 Å². The van der Waals surface area contributed by atoms with Crippen LogP contribution < -0.4 is 10.2 Å². The molecule has 0 radical (unpaired) electrons. The summed E-state index contributed by atoms with van der Waals surface area (Å²) in [5.74, 6) is 0.436. The third kappa shape index (κ3) is 6.27. The predicted octanol–water partition coefficient (Wildman–Crippen LogP) is 7.07. The van der Waals surface area contributed by atoms with E-state index in [0.29, 0.717) is 17.4 Å². The summed E-state index contributed by atoms with van der Waals surface area (Å²) in [5.41, 5.74) is 6.75. The SMILES string of the molecule is CCOC(=O)Cc1csc(NN=Cc2ccc(OC(c3ccccc3)(c3ccccc3)c3ccccc3)cc2)n1. The number of benzene rings is 4. The standard InChI is InChI=1S/C33H29N3O3S/c1-2-38-31(37)22-29-24-40-32(35-29)36-34-23-25-18-20-30(21-19-25)39-33(26-12-6-3-7-13-26,27-14-8-4-9-15-27)28-16-10-5-11-17-28/h3-21,23-24H,2,22H2,1H3,(H,35,36). The van der Waals surface area contributed by atoms with Crippen LogP contribution in [0.2, 0.25) is 0 Å². The van der Waals surface area contributed by atoms with E-state index in [2.05, 4.69) is 51.9 Å². The summed E-state index contributed by atoms with van der Waals surface area (Å²) in [6.07, 6.45) is 1.86. The maximum absolute atomic E-state index is 11.7. The summed E-state index contributed by atoms with van der Waals surface area (Å²) in [4.78, 5) is 16.0. The molecule has 0 spiro atoms. The Morgan fingerprint density at radius 1 is 0.850 bits per heavy atom. The molecule has 0 fully saturated rings. The van der Waals surface area contributed by atoms with Gasteiger partial charge in [-0.1, -0.05) is 91.0 Å². The van der Waals surface area contributed by atoms with E-state index in [1.165, 1.54) is 11.3 Å². The van der Waals surface area contributed by atoms with E-state index in [1.54, 1.807) is 13.1 Å². The molecule has 1 N–H and O–H groups in total. The number of nitrogens with zero attached hydrogens (tertiary/aromatic N) is 2. The van der Waals surface area contributed by atoms with Crippen LogP contribution in [0.15, 0.2) is 126 Å². The van der Waals surface area contributed by atoms with Crippen molar-refractivity contribution >= 4 is 28.7 Å². The molecule has 0 aliphatic heterocycles. The van der Waals surface area contributed by atoms with Gasteiger partial charge in [0.25, 0.3) is 0 Å². The number of anilines is 1. The Kier molecular flexibility index (Phi) is 8.63. The molecule has 5 rings (SSSR count). The first-order valence-corrected chi connectivity index (χ1v) is 13.9. The van der Waals surface area contributed by atoms with Crippen LogP contribution in [-0.2, 0) is 21.6 Å². The lowest BCUT2D eigenvalue weighted by Gasteiger charge is -2.36. The largest absolute Gasteiger partial charge is 0.473 e. The molecule has 0 amide bonds. The summed E-state index contributed by atoms with van der Waals surface area (Å²) >= 11 is 1.38. The molecule has 1 heterocycles. The zero-order valence-corrected chi connectivity index (χ0v) is 22.9. The van der Waals surface area contributed by atoms with Gasteiger partial charge in [-0.05, 0) is 36.8 Å². The van der Waals surface area contributed by atoms with Gasteiger partial charge in [0.15, 0.2) is 5.60 Å². The van der Waals surface area contributed by atoms with Crippen LogP contribution in [0.25, 0.3) is 0 Å². The van der Waals surface area contributed by atoms with Crippen molar-refractivity contribution in [3.63, 3.8) is 0 Å². The van der Waals surface area contributed by atoms with Crippen molar-refractivity contribution in [2.75, 3.05) is 12.0 Å². The van der Waals surface area contributed by atoms with Gasteiger partial charge in [-0.15, -0.1) is 11.3 Å². The van der Waals surface area contributed by atoms with Gasteiger partial charge in [-0.3, -0.25) is 10.2 Å². The Hall–Kier alpha value is -4.75. The zero-order chi connectivity index (χ0) is 27.6. The Labute approximate surface area is 238 Å². The molecule has 0 saturated heterocycles. The lowest BCUT2D eigenvalue weighted by atomic mass is 9.80. The van der Waals surface area contributed by atoms with Crippen molar-refractivity contribution in [1.29, 1.82) is 0 Å². The monoisotopic (exact) mass is 547 g/mol. The van der Waals surface area contributed by atoms with E-state index >= 15 is 0 Å². The summed E-state index contributed by atoms with van der Waals surface area (Å²) in [6, 6.07) is 38.7. The number of hydrogen-bond acceptors (Lipinski definition) is 7. The second-order valence-electron chi connectivity index (χ2n) is 8.95. The number of carbonyl (C=O) groups is 1. The smallest absolute Gasteiger partial charge is 0.311 e. The van der Waals surface area contributed by atoms with Gasteiger partial charge in [0.2, 0.25) is 5.13 Å². The van der Waals surface area contributed by atoms with Gasteiger partial charge < -0.3 is 9.47 Å². The number of hydrogen-bond donors (Lipinski definition) is 1. The summed E-state index contributed by atoms with van der Waals surface area (Å²) < 4.78 is 11.9. The third-order valence-electron chi connectivity index (χ3n) is 6.25. The molecule has 0 saturated carbocycles. The molecule has 0 unspecified atom stereocenters. The number of ether oxygens (including phenoxy) is 2. The quantitative estimate of drug-likeness (QED) is 0.0829. The Morgan fingerprint density at radius 3 is 1.93 bits per heavy atom. The van der Waals surface area contributed by atoms with Gasteiger partial charge >= 0.3 is 5.97 Å². The van der Waals surface area contributed by atoms with E-state index in [-0.39, 0.29) is 12.4 Å². The predicted molar refractivity (Wildman–Crippen MR) is 160 cm³/mol. The maximum Gasteiger partial charge on any atom is 0.311 e. The topological polar surface area (TPSA) is 72.8 Å². The zero-order valence-electron chi connectivity index (χ0n) is 22.1. The fraction of sp³-hybridized carbons (Fsp3) is 0.121. The number of carbonyl (C=O) groups excluding carboxylic acids is 1. The number of hydrazone groups is 1. The number of aromatic nitrogens is 1. The minimum absolute atomic E-state index is 0.146. The average molecular weight is 548 g/mol. The van der Waals surface area contributed by atoms with E-state index in [0.717, 1.165) is 28.0 Å². The van der Waals surface area contributed by atoms with Crippen molar-refractivity contribution in [1.82, 2.24) is 4.98 Å². The third-order valence-corrected chi connectivity index (χ3v) is 7.04. The molecular weight excluding hydrogens is 518 g/mol. The molecule has 7 heteroatoms. The molecular formula is C33H29N3O3S. The lowest BCUT2D eigenvalue weighted by molar-refractivity contribution is -0.142. The van der Waals surface area contributed by atoms with Crippen LogP contribution in [0.4, 0.5) is 5.13 Å². The molecule has 200 valence electrons. The first-order valence-electron chi connectivity index (χ1n) is 13.0. The first-order chi connectivity index (χ1) is 19.7. The second-order valence-corrected chi connectivity index (χ2v) is 9.80. The Balaban J connectivity index is 1.37. The van der Waals surface area contributed by atoms with Crippen molar-refractivity contribution in [2.24, 2.45) is 5.10 Å². The van der Waals surface area contributed by atoms with Gasteiger partial charge in [0, 0.05) is 22.1 Å². The Bertz CT molecular complexity index is 1440.